The first-order chi connectivity index (χ1) is 10.7. The van der Waals surface area contributed by atoms with Gasteiger partial charge in [0.05, 0.1) is 5.25 Å². The van der Waals surface area contributed by atoms with E-state index in [1.54, 1.807) is 6.08 Å². The molecule has 122 valence electrons. The lowest BCUT2D eigenvalue weighted by atomic mass is 9.89. The minimum absolute atomic E-state index is 0.0892. The summed E-state index contributed by atoms with van der Waals surface area (Å²) < 4.78 is 0.812. The van der Waals surface area contributed by atoms with E-state index in [1.807, 2.05) is 6.92 Å². The van der Waals surface area contributed by atoms with Crippen LogP contribution in [0.4, 0.5) is 5.13 Å². The van der Waals surface area contributed by atoms with Gasteiger partial charge in [-0.15, -0.1) is 16.8 Å². The van der Waals surface area contributed by atoms with Crippen molar-refractivity contribution in [3.05, 3.63) is 12.7 Å². The largest absolute Gasteiger partial charge is 0.357 e. The Kier molecular flexibility index (Phi) is 7.18. The Morgan fingerprint density at radius 3 is 2.95 bits per heavy atom. The van der Waals surface area contributed by atoms with Gasteiger partial charge in [-0.2, -0.15) is 0 Å². The zero-order valence-corrected chi connectivity index (χ0v) is 14.6. The molecule has 1 heterocycles. The minimum atomic E-state index is -0.149. The quantitative estimate of drug-likeness (QED) is 0.561. The van der Waals surface area contributed by atoms with Gasteiger partial charge >= 0.3 is 0 Å². The van der Waals surface area contributed by atoms with E-state index in [0.717, 1.165) is 16.0 Å². The van der Waals surface area contributed by atoms with Crippen LogP contribution in [0.25, 0.3) is 0 Å². The van der Waals surface area contributed by atoms with Crippen LogP contribution in [-0.4, -0.2) is 34.4 Å². The number of aromatic nitrogens is 2. The van der Waals surface area contributed by atoms with Gasteiger partial charge in [0, 0.05) is 13.1 Å². The Balaban J connectivity index is 1.73. The summed E-state index contributed by atoms with van der Waals surface area (Å²) >= 11 is 2.93. The van der Waals surface area contributed by atoms with E-state index < -0.39 is 0 Å². The highest BCUT2D eigenvalue weighted by Crippen LogP contribution is 2.29. The molecule has 7 heteroatoms. The fourth-order valence-electron chi connectivity index (χ4n) is 2.47. The Labute approximate surface area is 140 Å². The molecule has 1 atom stereocenters. The van der Waals surface area contributed by atoms with Crippen LogP contribution in [0.3, 0.4) is 0 Å². The lowest BCUT2D eigenvalue weighted by Crippen LogP contribution is -2.35. The number of nitrogens with zero attached hydrogens (tertiary/aromatic N) is 2. The average molecular weight is 341 g/mol. The van der Waals surface area contributed by atoms with Gasteiger partial charge in [-0.25, -0.2) is 0 Å². The van der Waals surface area contributed by atoms with E-state index in [9.17, 15) is 4.79 Å². The number of carbonyl (C=O) groups excluding carboxylic acids is 1. The van der Waals surface area contributed by atoms with Crippen LogP contribution in [0.1, 0.15) is 39.0 Å². The third-order valence-electron chi connectivity index (χ3n) is 3.74. The molecule has 1 unspecified atom stereocenters. The van der Waals surface area contributed by atoms with Crippen molar-refractivity contribution in [1.29, 1.82) is 0 Å². The highest BCUT2D eigenvalue weighted by molar-refractivity contribution is 8.02. The van der Waals surface area contributed by atoms with Crippen molar-refractivity contribution >= 4 is 34.1 Å². The molecule has 2 N–H and O–H groups in total. The number of amides is 1. The minimum Gasteiger partial charge on any atom is -0.357 e. The molecule has 0 aliphatic heterocycles. The first-order valence-corrected chi connectivity index (χ1v) is 9.51. The predicted molar refractivity (Wildman–Crippen MR) is 93.5 cm³/mol. The van der Waals surface area contributed by atoms with Crippen LogP contribution in [0.15, 0.2) is 17.0 Å². The van der Waals surface area contributed by atoms with Crippen molar-refractivity contribution in [3.63, 3.8) is 0 Å². The molecule has 0 radical (unpaired) electrons. The molecule has 1 aromatic rings. The molecule has 1 aliphatic rings. The second-order valence-corrected chi connectivity index (χ2v) is 8.12. The summed E-state index contributed by atoms with van der Waals surface area (Å²) in [6.45, 7) is 7.04. The van der Waals surface area contributed by atoms with Gasteiger partial charge in [-0.3, -0.25) is 4.79 Å². The van der Waals surface area contributed by atoms with Crippen LogP contribution in [0.2, 0.25) is 0 Å². The molecule has 0 spiro atoms. The van der Waals surface area contributed by atoms with Crippen LogP contribution < -0.4 is 10.6 Å². The highest BCUT2D eigenvalue weighted by Gasteiger charge is 2.19. The molecule has 1 saturated carbocycles. The van der Waals surface area contributed by atoms with E-state index in [2.05, 4.69) is 27.4 Å². The smallest absolute Gasteiger partial charge is 0.233 e. The molecule has 22 heavy (non-hydrogen) atoms. The Morgan fingerprint density at radius 2 is 2.23 bits per heavy atom. The average Bonchev–Trinajstić information content (AvgIpc) is 2.99. The molecule has 1 aliphatic carbocycles. The first-order valence-electron chi connectivity index (χ1n) is 7.81. The summed E-state index contributed by atoms with van der Waals surface area (Å²) in [5, 5.41) is 14.9. The SMILES string of the molecule is C=CCNc1nnc(SC(C)C(=O)NCC2CCCCC2)s1. The molecule has 0 aromatic carbocycles. The number of anilines is 1. The Bertz CT molecular complexity index is 486. The zero-order chi connectivity index (χ0) is 15.8. The van der Waals surface area contributed by atoms with Crippen molar-refractivity contribution in [3.8, 4) is 0 Å². The molecule has 0 bridgehead atoms. The molecule has 1 fully saturated rings. The van der Waals surface area contributed by atoms with Gasteiger partial charge in [-0.1, -0.05) is 48.4 Å². The van der Waals surface area contributed by atoms with Gasteiger partial charge in [0.25, 0.3) is 0 Å². The van der Waals surface area contributed by atoms with Gasteiger partial charge in [-0.05, 0) is 25.7 Å². The number of thioether (sulfide) groups is 1. The van der Waals surface area contributed by atoms with E-state index in [0.29, 0.717) is 12.5 Å². The van der Waals surface area contributed by atoms with Crippen LogP contribution in [0, 0.1) is 5.92 Å². The van der Waals surface area contributed by atoms with Gasteiger partial charge in [0.15, 0.2) is 4.34 Å². The highest BCUT2D eigenvalue weighted by atomic mass is 32.2. The molecular weight excluding hydrogens is 316 g/mol. The normalized spacial score (nSPS) is 17.0. The molecule has 5 nitrogen and oxygen atoms in total. The van der Waals surface area contributed by atoms with E-state index >= 15 is 0 Å². The van der Waals surface area contributed by atoms with Crippen molar-refractivity contribution in [1.82, 2.24) is 15.5 Å². The Morgan fingerprint density at radius 1 is 1.45 bits per heavy atom. The monoisotopic (exact) mass is 340 g/mol. The first kappa shape index (κ1) is 17.3. The van der Waals surface area contributed by atoms with Crippen LogP contribution >= 0.6 is 23.1 Å². The molecule has 0 saturated heterocycles. The van der Waals surface area contributed by atoms with E-state index in [1.165, 1.54) is 55.2 Å². The van der Waals surface area contributed by atoms with Crippen molar-refractivity contribution < 1.29 is 4.79 Å². The van der Waals surface area contributed by atoms with Crippen molar-refractivity contribution in [2.45, 2.75) is 48.6 Å². The number of carbonyl (C=O) groups is 1. The molecule has 2 rings (SSSR count). The lowest BCUT2D eigenvalue weighted by molar-refractivity contribution is -0.120. The fraction of sp³-hybridized carbons (Fsp3) is 0.667. The van der Waals surface area contributed by atoms with Gasteiger partial charge < -0.3 is 10.6 Å². The number of nitrogens with one attached hydrogen (secondary N) is 2. The molecule has 1 amide bonds. The second kappa shape index (κ2) is 9.15. The summed E-state index contributed by atoms with van der Waals surface area (Å²) in [6, 6.07) is 0. The van der Waals surface area contributed by atoms with E-state index in [-0.39, 0.29) is 11.2 Å². The summed E-state index contributed by atoms with van der Waals surface area (Å²) in [6.07, 6.45) is 8.21. The number of hydrogen-bond acceptors (Lipinski definition) is 6. The van der Waals surface area contributed by atoms with Crippen molar-refractivity contribution in [2.24, 2.45) is 5.92 Å². The van der Waals surface area contributed by atoms with Gasteiger partial charge in [0.1, 0.15) is 0 Å². The third-order valence-corrected chi connectivity index (χ3v) is 5.81. The standard InChI is InChI=1S/C15H24N4OS2/c1-3-9-16-14-18-19-15(22-14)21-11(2)13(20)17-10-12-7-5-4-6-8-12/h3,11-12H,1,4-10H2,2H3,(H,16,18)(H,17,20). The summed E-state index contributed by atoms with van der Waals surface area (Å²) in [5.74, 6) is 0.748. The maximum atomic E-state index is 12.2. The number of hydrogen-bond donors (Lipinski definition) is 2. The second-order valence-electron chi connectivity index (χ2n) is 5.55. The maximum Gasteiger partial charge on any atom is 0.233 e. The predicted octanol–water partition coefficient (Wildman–Crippen LogP) is 3.31. The van der Waals surface area contributed by atoms with Gasteiger partial charge in [0.2, 0.25) is 11.0 Å². The topological polar surface area (TPSA) is 66.9 Å². The third kappa shape index (κ3) is 5.61. The van der Waals surface area contributed by atoms with Crippen LogP contribution in [-0.2, 0) is 4.79 Å². The molecule has 1 aromatic heterocycles. The molecular formula is C15H24N4OS2. The zero-order valence-electron chi connectivity index (χ0n) is 13.0. The lowest BCUT2D eigenvalue weighted by Gasteiger charge is -2.22. The summed E-state index contributed by atoms with van der Waals surface area (Å²) in [5.41, 5.74) is 0. The van der Waals surface area contributed by atoms with Crippen LogP contribution in [0.5, 0.6) is 0 Å². The summed E-state index contributed by atoms with van der Waals surface area (Å²) in [7, 11) is 0. The summed E-state index contributed by atoms with van der Waals surface area (Å²) in [4.78, 5) is 12.2. The number of rotatable bonds is 8. The maximum absolute atomic E-state index is 12.2. The fourth-order valence-corrected chi connectivity index (χ4v) is 4.40. The van der Waals surface area contributed by atoms with E-state index in [4.69, 9.17) is 0 Å². The Hall–Kier alpha value is -1.08. The van der Waals surface area contributed by atoms with Crippen molar-refractivity contribution in [2.75, 3.05) is 18.4 Å².